The van der Waals surface area contributed by atoms with Gasteiger partial charge in [-0.1, -0.05) is 6.07 Å². The first kappa shape index (κ1) is 11.5. The van der Waals surface area contributed by atoms with Gasteiger partial charge in [0, 0.05) is 0 Å². The van der Waals surface area contributed by atoms with Gasteiger partial charge in [0.25, 0.3) is 0 Å². The van der Waals surface area contributed by atoms with Crippen molar-refractivity contribution in [3.05, 3.63) is 40.5 Å². The van der Waals surface area contributed by atoms with E-state index < -0.39 is 5.97 Å². The Hall–Kier alpha value is -2.59. The molecule has 4 nitrogen and oxygen atoms in total. The Balaban J connectivity index is 3.21. The minimum atomic E-state index is -1.00. The molecule has 4 heteroatoms. The molecule has 1 aromatic carbocycles. The van der Waals surface area contributed by atoms with Gasteiger partial charge >= 0.3 is 5.97 Å². The molecule has 1 aromatic rings. The number of rotatable bonds is 2. The number of nitriles is 2. The van der Waals surface area contributed by atoms with Crippen LogP contribution in [0.25, 0.3) is 6.08 Å². The summed E-state index contributed by atoms with van der Waals surface area (Å²) in [4.78, 5) is 10.7. The Morgan fingerprint density at radius 2 is 2.00 bits per heavy atom. The van der Waals surface area contributed by atoms with E-state index in [4.69, 9.17) is 15.6 Å². The minimum Gasteiger partial charge on any atom is -0.478 e. The summed E-state index contributed by atoms with van der Waals surface area (Å²) in [6, 6.07) is 8.01. The molecule has 0 saturated heterocycles. The van der Waals surface area contributed by atoms with Gasteiger partial charge in [0.15, 0.2) is 0 Å². The van der Waals surface area contributed by atoms with E-state index in [0.717, 1.165) is 0 Å². The van der Waals surface area contributed by atoms with Crippen molar-refractivity contribution in [3.63, 3.8) is 0 Å². The van der Waals surface area contributed by atoms with Gasteiger partial charge in [-0.05, 0) is 36.3 Å². The van der Waals surface area contributed by atoms with E-state index in [9.17, 15) is 4.79 Å². The average Bonchev–Trinajstić information content (AvgIpc) is 2.27. The number of carbonyl (C=O) groups is 1. The molecular formula is C12H8N2O2. The molecule has 78 valence electrons. The molecule has 0 atom stereocenters. The third-order valence-electron chi connectivity index (χ3n) is 2.06. The summed E-state index contributed by atoms with van der Waals surface area (Å²) in [5.74, 6) is -1.00. The molecule has 0 aliphatic carbocycles. The van der Waals surface area contributed by atoms with E-state index >= 15 is 0 Å². The zero-order valence-corrected chi connectivity index (χ0v) is 8.56. The molecule has 0 heterocycles. The number of hydrogen-bond donors (Lipinski definition) is 1. The highest BCUT2D eigenvalue weighted by molar-refractivity contribution is 5.88. The number of aromatic carboxylic acids is 1. The molecule has 0 unspecified atom stereocenters. The number of nitrogens with zero attached hydrogens (tertiary/aromatic N) is 2. The van der Waals surface area contributed by atoms with Crippen LogP contribution in [0, 0.1) is 29.6 Å². The van der Waals surface area contributed by atoms with Crippen molar-refractivity contribution in [1.29, 1.82) is 10.5 Å². The van der Waals surface area contributed by atoms with Gasteiger partial charge in [0.05, 0.1) is 5.56 Å². The third kappa shape index (κ3) is 2.46. The Labute approximate surface area is 92.7 Å². The maximum absolute atomic E-state index is 10.7. The van der Waals surface area contributed by atoms with Crippen LogP contribution in [0.15, 0.2) is 23.8 Å². The second-order valence-corrected chi connectivity index (χ2v) is 3.16. The number of aryl methyl sites for hydroxylation is 1. The summed E-state index contributed by atoms with van der Waals surface area (Å²) < 4.78 is 0. The summed E-state index contributed by atoms with van der Waals surface area (Å²) in [6.45, 7) is 1.73. The number of carboxylic acid groups (broad SMARTS) is 1. The highest BCUT2D eigenvalue weighted by Crippen LogP contribution is 2.14. The molecule has 0 radical (unpaired) electrons. The summed E-state index contributed by atoms with van der Waals surface area (Å²) in [7, 11) is 0. The SMILES string of the molecule is Cc1cc(C(=O)O)ccc1C=C(C#N)C#N. The largest absolute Gasteiger partial charge is 0.478 e. The standard InChI is InChI=1S/C12H8N2O2/c1-8-4-11(12(15)16)3-2-10(8)5-9(6-13)7-14/h2-5H,1H3,(H,15,16). The highest BCUT2D eigenvalue weighted by Gasteiger charge is 2.05. The lowest BCUT2D eigenvalue weighted by molar-refractivity contribution is 0.0697. The van der Waals surface area contributed by atoms with Crippen LogP contribution < -0.4 is 0 Å². The topological polar surface area (TPSA) is 84.9 Å². The smallest absolute Gasteiger partial charge is 0.335 e. The molecule has 16 heavy (non-hydrogen) atoms. The van der Waals surface area contributed by atoms with Crippen LogP contribution in [-0.4, -0.2) is 11.1 Å². The van der Waals surface area contributed by atoms with E-state index in [0.29, 0.717) is 11.1 Å². The van der Waals surface area contributed by atoms with E-state index in [1.165, 1.54) is 18.2 Å². The van der Waals surface area contributed by atoms with Crippen molar-refractivity contribution in [2.24, 2.45) is 0 Å². The molecule has 0 saturated carbocycles. The molecule has 0 fully saturated rings. The molecule has 0 aromatic heterocycles. The lowest BCUT2D eigenvalue weighted by atomic mass is 10.0. The van der Waals surface area contributed by atoms with Crippen LogP contribution in [0.5, 0.6) is 0 Å². The predicted molar refractivity (Wildman–Crippen MR) is 57.3 cm³/mol. The molecule has 1 N–H and O–H groups in total. The van der Waals surface area contributed by atoms with Crippen LogP contribution in [0.2, 0.25) is 0 Å². The Bertz CT molecular complexity index is 529. The normalized spacial score (nSPS) is 8.69. The van der Waals surface area contributed by atoms with Gasteiger partial charge < -0.3 is 5.11 Å². The fraction of sp³-hybridized carbons (Fsp3) is 0.0833. The van der Waals surface area contributed by atoms with Gasteiger partial charge in [-0.15, -0.1) is 0 Å². The Kier molecular flexibility index (Phi) is 3.42. The molecule has 1 rings (SSSR count). The maximum Gasteiger partial charge on any atom is 0.335 e. The van der Waals surface area contributed by atoms with Crippen LogP contribution >= 0.6 is 0 Å². The van der Waals surface area contributed by atoms with Crippen LogP contribution in [-0.2, 0) is 0 Å². The van der Waals surface area contributed by atoms with Crippen molar-refractivity contribution in [2.45, 2.75) is 6.92 Å². The summed E-state index contributed by atoms with van der Waals surface area (Å²) >= 11 is 0. The predicted octanol–water partition coefficient (Wildman–Crippen LogP) is 2.12. The maximum atomic E-state index is 10.7. The number of carboxylic acids is 1. The van der Waals surface area contributed by atoms with E-state index in [1.54, 1.807) is 25.1 Å². The second kappa shape index (κ2) is 4.77. The van der Waals surface area contributed by atoms with Gasteiger partial charge in [-0.2, -0.15) is 10.5 Å². The summed E-state index contributed by atoms with van der Waals surface area (Å²) in [5, 5.41) is 25.9. The highest BCUT2D eigenvalue weighted by atomic mass is 16.4. The van der Waals surface area contributed by atoms with Gasteiger partial charge in [-0.25, -0.2) is 4.79 Å². The zero-order valence-electron chi connectivity index (χ0n) is 8.56. The molecule has 0 aliphatic heterocycles. The van der Waals surface area contributed by atoms with Crippen molar-refractivity contribution < 1.29 is 9.90 Å². The first-order chi connectivity index (χ1) is 7.58. The van der Waals surface area contributed by atoms with Crippen LogP contribution in [0.4, 0.5) is 0 Å². The van der Waals surface area contributed by atoms with E-state index in [1.807, 2.05) is 0 Å². The van der Waals surface area contributed by atoms with Gasteiger partial charge in [0.1, 0.15) is 17.7 Å². The number of benzene rings is 1. The van der Waals surface area contributed by atoms with E-state index in [-0.39, 0.29) is 11.1 Å². The van der Waals surface area contributed by atoms with Crippen LogP contribution in [0.3, 0.4) is 0 Å². The third-order valence-corrected chi connectivity index (χ3v) is 2.06. The number of allylic oxidation sites excluding steroid dienone is 1. The van der Waals surface area contributed by atoms with Gasteiger partial charge in [0.2, 0.25) is 0 Å². The first-order valence-electron chi connectivity index (χ1n) is 4.44. The van der Waals surface area contributed by atoms with Crippen molar-refractivity contribution in [3.8, 4) is 12.1 Å². The monoisotopic (exact) mass is 212 g/mol. The van der Waals surface area contributed by atoms with Gasteiger partial charge in [-0.3, -0.25) is 0 Å². The molecular weight excluding hydrogens is 204 g/mol. The lowest BCUT2D eigenvalue weighted by Crippen LogP contribution is -1.97. The molecule has 0 spiro atoms. The van der Waals surface area contributed by atoms with Crippen molar-refractivity contribution in [2.75, 3.05) is 0 Å². The molecule has 0 aliphatic rings. The average molecular weight is 212 g/mol. The quantitative estimate of drug-likeness (QED) is 0.761. The van der Waals surface area contributed by atoms with Crippen LogP contribution in [0.1, 0.15) is 21.5 Å². The zero-order chi connectivity index (χ0) is 12.1. The summed E-state index contributed by atoms with van der Waals surface area (Å²) in [6.07, 6.45) is 1.43. The van der Waals surface area contributed by atoms with E-state index in [2.05, 4.69) is 0 Å². The Morgan fingerprint density at radius 3 is 2.44 bits per heavy atom. The molecule has 0 bridgehead atoms. The summed E-state index contributed by atoms with van der Waals surface area (Å²) in [5.41, 5.74) is 1.56. The second-order valence-electron chi connectivity index (χ2n) is 3.16. The fourth-order valence-corrected chi connectivity index (χ4v) is 1.22. The van der Waals surface area contributed by atoms with Crippen molar-refractivity contribution in [1.82, 2.24) is 0 Å². The minimum absolute atomic E-state index is 0.00817. The Morgan fingerprint density at radius 1 is 1.38 bits per heavy atom. The number of hydrogen-bond acceptors (Lipinski definition) is 3. The fourth-order valence-electron chi connectivity index (χ4n) is 1.22. The first-order valence-corrected chi connectivity index (χ1v) is 4.44. The lowest BCUT2D eigenvalue weighted by Gasteiger charge is -2.01. The van der Waals surface area contributed by atoms with Crippen molar-refractivity contribution >= 4 is 12.0 Å². The molecule has 0 amide bonds.